The molecule has 4 nitrogen and oxygen atoms in total. The van der Waals surface area contributed by atoms with Crippen LogP contribution in [0.4, 0.5) is 0 Å². The highest BCUT2D eigenvalue weighted by Crippen LogP contribution is 2.08. The molecule has 0 amide bonds. The first-order valence-corrected chi connectivity index (χ1v) is 4.16. The molecule has 0 saturated carbocycles. The lowest BCUT2D eigenvalue weighted by Gasteiger charge is -1.95. The summed E-state index contributed by atoms with van der Waals surface area (Å²) in [7, 11) is 0. The quantitative estimate of drug-likeness (QED) is 0.669. The van der Waals surface area contributed by atoms with E-state index in [4.69, 9.17) is 11.6 Å². The van der Waals surface area contributed by atoms with Gasteiger partial charge >= 0.3 is 10.9 Å². The summed E-state index contributed by atoms with van der Waals surface area (Å²) >= 11 is 5.14. The molecule has 0 spiro atoms. The molecule has 0 aliphatic carbocycles. The van der Waals surface area contributed by atoms with Gasteiger partial charge in [0.2, 0.25) is 0 Å². The molecular formula is C9H4ClNO3. The van der Waals surface area contributed by atoms with E-state index in [1.165, 1.54) is 0 Å². The fourth-order valence-electron chi connectivity index (χ4n) is 1.10. The molecular weight excluding hydrogens is 206 g/mol. The normalized spacial score (nSPS) is 10.4. The lowest BCUT2D eigenvalue weighted by Crippen LogP contribution is -2.06. The van der Waals surface area contributed by atoms with E-state index in [0.29, 0.717) is 10.9 Å². The monoisotopic (exact) mass is 209 g/mol. The highest BCUT2D eigenvalue weighted by atomic mass is 35.5. The molecule has 1 heterocycles. The summed E-state index contributed by atoms with van der Waals surface area (Å²) in [6.07, 6.45) is 0. The standard InChI is InChI=1S/C9H4ClNO3/c10-7(12)8-11-6-4-2-1-3-5(6)9(13)14-8/h1-4H. The lowest BCUT2D eigenvalue weighted by atomic mass is 10.2. The van der Waals surface area contributed by atoms with Gasteiger partial charge in [0.25, 0.3) is 5.89 Å². The Bertz CT molecular complexity index is 561. The SMILES string of the molecule is O=C(Cl)c1nc2ccccc2c(=O)o1. The van der Waals surface area contributed by atoms with Crippen molar-refractivity contribution < 1.29 is 9.21 Å². The van der Waals surface area contributed by atoms with Crippen LogP contribution in [0.3, 0.4) is 0 Å². The smallest absolute Gasteiger partial charge is 0.347 e. The van der Waals surface area contributed by atoms with Crippen LogP contribution in [-0.2, 0) is 0 Å². The Balaban J connectivity index is 2.86. The minimum atomic E-state index is -0.882. The third-order valence-electron chi connectivity index (χ3n) is 1.70. The summed E-state index contributed by atoms with van der Waals surface area (Å²) < 4.78 is 4.60. The van der Waals surface area contributed by atoms with E-state index in [-0.39, 0.29) is 5.89 Å². The number of rotatable bonds is 1. The maximum absolute atomic E-state index is 11.3. The molecule has 0 radical (unpaired) electrons. The number of nitrogens with zero attached hydrogens (tertiary/aromatic N) is 1. The van der Waals surface area contributed by atoms with Gasteiger partial charge in [0.1, 0.15) is 0 Å². The predicted molar refractivity (Wildman–Crippen MR) is 50.5 cm³/mol. The third kappa shape index (κ3) is 1.40. The summed E-state index contributed by atoms with van der Waals surface area (Å²) in [6.45, 7) is 0. The van der Waals surface area contributed by atoms with Crippen LogP contribution in [-0.4, -0.2) is 10.2 Å². The second-order valence-electron chi connectivity index (χ2n) is 2.60. The van der Waals surface area contributed by atoms with Gasteiger partial charge in [0.05, 0.1) is 10.9 Å². The Morgan fingerprint density at radius 1 is 1.36 bits per heavy atom. The summed E-state index contributed by atoms with van der Waals surface area (Å²) in [4.78, 5) is 25.8. The van der Waals surface area contributed by atoms with Crippen molar-refractivity contribution in [3.05, 3.63) is 40.6 Å². The van der Waals surface area contributed by atoms with Crippen molar-refractivity contribution in [3.63, 3.8) is 0 Å². The summed E-state index contributed by atoms with van der Waals surface area (Å²) in [5.41, 5.74) is -0.215. The number of carbonyl (C=O) groups excluding carboxylic acids is 1. The molecule has 5 heteroatoms. The van der Waals surface area contributed by atoms with E-state index >= 15 is 0 Å². The van der Waals surface area contributed by atoms with E-state index in [0.717, 1.165) is 0 Å². The molecule has 2 aromatic rings. The molecule has 0 atom stereocenters. The molecule has 0 aliphatic rings. The molecule has 0 saturated heterocycles. The van der Waals surface area contributed by atoms with Crippen LogP contribution in [0.25, 0.3) is 10.9 Å². The van der Waals surface area contributed by atoms with E-state index in [2.05, 4.69) is 9.40 Å². The molecule has 2 rings (SSSR count). The Hall–Kier alpha value is -1.68. The number of fused-ring (bicyclic) bond motifs is 1. The largest absolute Gasteiger partial charge is 0.398 e. The number of benzene rings is 1. The Kier molecular flexibility index (Phi) is 2.05. The number of aromatic nitrogens is 1. The first-order chi connectivity index (χ1) is 6.68. The van der Waals surface area contributed by atoms with E-state index in [1.54, 1.807) is 24.3 Å². The molecule has 0 bridgehead atoms. The van der Waals surface area contributed by atoms with E-state index in [1.807, 2.05) is 0 Å². The van der Waals surface area contributed by atoms with Gasteiger partial charge in [0, 0.05) is 0 Å². The third-order valence-corrected chi connectivity index (χ3v) is 1.87. The minimum absolute atomic E-state index is 0.328. The molecule has 14 heavy (non-hydrogen) atoms. The second-order valence-corrected chi connectivity index (χ2v) is 2.94. The predicted octanol–water partition coefficient (Wildman–Crippen LogP) is 1.57. The van der Waals surface area contributed by atoms with Gasteiger partial charge in [-0.2, -0.15) is 0 Å². The first-order valence-electron chi connectivity index (χ1n) is 3.78. The maximum atomic E-state index is 11.3. The zero-order valence-electron chi connectivity index (χ0n) is 6.86. The Morgan fingerprint density at radius 2 is 2.07 bits per heavy atom. The van der Waals surface area contributed by atoms with Crippen LogP contribution in [0.5, 0.6) is 0 Å². The van der Waals surface area contributed by atoms with Crippen molar-refractivity contribution in [2.75, 3.05) is 0 Å². The first kappa shape index (κ1) is 8.90. The van der Waals surface area contributed by atoms with Crippen molar-refractivity contribution in [3.8, 4) is 0 Å². The highest BCUT2D eigenvalue weighted by Gasteiger charge is 2.10. The zero-order chi connectivity index (χ0) is 10.1. The summed E-state index contributed by atoms with van der Waals surface area (Å²) in [6, 6.07) is 6.56. The molecule has 70 valence electrons. The average molecular weight is 210 g/mol. The second kappa shape index (κ2) is 3.23. The van der Waals surface area contributed by atoms with Gasteiger partial charge in [-0.05, 0) is 23.7 Å². The van der Waals surface area contributed by atoms with E-state index < -0.39 is 10.9 Å². The minimum Gasteiger partial charge on any atom is -0.398 e. The number of para-hydroxylation sites is 1. The van der Waals surface area contributed by atoms with E-state index in [9.17, 15) is 9.59 Å². The van der Waals surface area contributed by atoms with Crippen LogP contribution in [0.1, 0.15) is 10.7 Å². The van der Waals surface area contributed by atoms with Crippen molar-refractivity contribution in [2.24, 2.45) is 0 Å². The number of hydrogen-bond donors (Lipinski definition) is 0. The van der Waals surface area contributed by atoms with Gasteiger partial charge in [-0.3, -0.25) is 4.79 Å². The molecule has 0 fully saturated rings. The van der Waals surface area contributed by atoms with Crippen molar-refractivity contribution >= 4 is 27.7 Å². The van der Waals surface area contributed by atoms with Gasteiger partial charge < -0.3 is 4.42 Å². The molecule has 1 aromatic carbocycles. The Labute approximate surface area is 83.1 Å². The van der Waals surface area contributed by atoms with Crippen molar-refractivity contribution in [1.82, 2.24) is 4.98 Å². The zero-order valence-corrected chi connectivity index (χ0v) is 7.62. The molecule has 1 aromatic heterocycles. The van der Waals surface area contributed by atoms with Gasteiger partial charge in [-0.25, -0.2) is 9.78 Å². The van der Waals surface area contributed by atoms with Crippen LogP contribution in [0.15, 0.2) is 33.5 Å². The highest BCUT2D eigenvalue weighted by molar-refractivity contribution is 6.67. The topological polar surface area (TPSA) is 60.2 Å². The van der Waals surface area contributed by atoms with Crippen molar-refractivity contribution in [1.29, 1.82) is 0 Å². The van der Waals surface area contributed by atoms with Gasteiger partial charge in [-0.15, -0.1) is 0 Å². The van der Waals surface area contributed by atoms with Crippen LogP contribution >= 0.6 is 11.6 Å². The molecule has 0 N–H and O–H groups in total. The maximum Gasteiger partial charge on any atom is 0.347 e. The summed E-state index contributed by atoms with van der Waals surface area (Å²) in [5.74, 6) is -0.379. The lowest BCUT2D eigenvalue weighted by molar-refractivity contribution is 0.104. The summed E-state index contributed by atoms with van der Waals surface area (Å²) in [5, 5.41) is -0.554. The average Bonchev–Trinajstić information content (AvgIpc) is 2.17. The molecule has 0 aliphatic heterocycles. The van der Waals surface area contributed by atoms with Crippen LogP contribution in [0, 0.1) is 0 Å². The number of carbonyl (C=O) groups is 1. The number of hydrogen-bond acceptors (Lipinski definition) is 4. The van der Waals surface area contributed by atoms with Gasteiger partial charge in [0.15, 0.2) is 0 Å². The fraction of sp³-hybridized carbons (Fsp3) is 0. The van der Waals surface area contributed by atoms with Crippen LogP contribution in [0.2, 0.25) is 0 Å². The number of halogens is 1. The molecule has 0 unspecified atom stereocenters. The Morgan fingerprint density at radius 3 is 2.79 bits per heavy atom. The van der Waals surface area contributed by atoms with Gasteiger partial charge in [-0.1, -0.05) is 12.1 Å². The fourth-order valence-corrected chi connectivity index (χ4v) is 1.18. The van der Waals surface area contributed by atoms with Crippen LogP contribution < -0.4 is 5.63 Å². The van der Waals surface area contributed by atoms with Crippen molar-refractivity contribution in [2.45, 2.75) is 0 Å².